The third-order valence-corrected chi connectivity index (χ3v) is 3.51. The molecule has 1 aromatic rings. The molecule has 1 amide bonds. The quantitative estimate of drug-likeness (QED) is 0.894. The zero-order valence-corrected chi connectivity index (χ0v) is 11.2. The van der Waals surface area contributed by atoms with Gasteiger partial charge in [0.05, 0.1) is 19.1 Å². The molecule has 0 atom stereocenters. The van der Waals surface area contributed by atoms with Gasteiger partial charge in [0.2, 0.25) is 5.91 Å². The molecule has 1 fully saturated rings. The van der Waals surface area contributed by atoms with Crippen LogP contribution in [0, 0.1) is 11.6 Å². The number of hydrogen-bond acceptors (Lipinski definition) is 3. The Bertz CT molecular complexity index is 490. The molecule has 0 radical (unpaired) electrons. The minimum atomic E-state index is -0.992. The zero-order valence-electron chi connectivity index (χ0n) is 11.2. The van der Waals surface area contributed by atoms with Crippen molar-refractivity contribution >= 4 is 11.6 Å². The lowest BCUT2D eigenvalue weighted by atomic mass is 9.97. The number of carbonyl (C=O) groups excluding carboxylic acids is 1. The first-order valence-electron chi connectivity index (χ1n) is 6.49. The van der Waals surface area contributed by atoms with Crippen LogP contribution in [0.3, 0.4) is 0 Å². The Kier molecular flexibility index (Phi) is 4.23. The molecule has 4 nitrogen and oxygen atoms in total. The molecule has 0 saturated heterocycles. The molecule has 110 valence electrons. The van der Waals surface area contributed by atoms with E-state index in [4.69, 9.17) is 0 Å². The summed E-state index contributed by atoms with van der Waals surface area (Å²) in [6.07, 6.45) is 2.85. The third kappa shape index (κ3) is 3.25. The van der Waals surface area contributed by atoms with Gasteiger partial charge in [-0.15, -0.1) is 0 Å². The minimum Gasteiger partial charge on any atom is -0.491 e. The van der Waals surface area contributed by atoms with Crippen LogP contribution >= 0.6 is 0 Å². The van der Waals surface area contributed by atoms with Gasteiger partial charge in [-0.2, -0.15) is 0 Å². The zero-order chi connectivity index (χ0) is 14.8. The first kappa shape index (κ1) is 14.7. The molecule has 1 aliphatic carbocycles. The van der Waals surface area contributed by atoms with E-state index in [9.17, 15) is 18.7 Å². The highest BCUT2D eigenvalue weighted by Gasteiger charge is 2.33. The number of halogens is 2. The number of nitrogens with one attached hydrogen (secondary N) is 1. The molecular formula is C14H17F2NO3. The molecule has 0 spiro atoms. The van der Waals surface area contributed by atoms with Crippen molar-refractivity contribution in [1.29, 1.82) is 0 Å². The molecule has 0 bridgehead atoms. The number of carbonyl (C=O) groups is 1. The van der Waals surface area contributed by atoms with Crippen LogP contribution in [0.15, 0.2) is 12.1 Å². The Morgan fingerprint density at radius 2 is 1.90 bits per heavy atom. The van der Waals surface area contributed by atoms with Gasteiger partial charge in [-0.1, -0.05) is 12.8 Å². The fraction of sp³-hybridized carbons (Fsp3) is 0.500. The minimum absolute atomic E-state index is 0.00685. The standard InChI is InChI=1S/C14H17F2NO3/c1-20-13-10(15)6-9(7-11(13)16)17-12(18)8-14(19)4-2-3-5-14/h6-7,19H,2-5,8H2,1H3,(H,17,18). The van der Waals surface area contributed by atoms with Gasteiger partial charge in [-0.05, 0) is 12.8 Å². The Morgan fingerprint density at radius 1 is 1.35 bits per heavy atom. The van der Waals surface area contributed by atoms with Crippen molar-refractivity contribution < 1.29 is 23.4 Å². The predicted molar refractivity (Wildman–Crippen MR) is 69.6 cm³/mol. The number of amides is 1. The number of aliphatic hydroxyl groups is 1. The van der Waals surface area contributed by atoms with Crippen molar-refractivity contribution in [2.24, 2.45) is 0 Å². The maximum absolute atomic E-state index is 13.5. The van der Waals surface area contributed by atoms with E-state index in [0.29, 0.717) is 12.8 Å². The third-order valence-electron chi connectivity index (χ3n) is 3.51. The molecule has 2 N–H and O–H groups in total. The van der Waals surface area contributed by atoms with E-state index in [1.54, 1.807) is 0 Å². The molecule has 1 aliphatic rings. The normalized spacial score (nSPS) is 17.0. The molecule has 0 unspecified atom stereocenters. The summed E-state index contributed by atoms with van der Waals surface area (Å²) in [5.41, 5.74) is -0.986. The molecule has 0 heterocycles. The summed E-state index contributed by atoms with van der Waals surface area (Å²) in [4.78, 5) is 11.8. The van der Waals surface area contributed by atoms with E-state index in [2.05, 4.69) is 10.1 Å². The van der Waals surface area contributed by atoms with Crippen molar-refractivity contribution in [3.8, 4) is 5.75 Å². The Balaban J connectivity index is 2.04. The van der Waals surface area contributed by atoms with Crippen LogP contribution in [0.4, 0.5) is 14.5 Å². The number of ether oxygens (including phenoxy) is 1. The fourth-order valence-electron chi connectivity index (χ4n) is 2.54. The summed E-state index contributed by atoms with van der Waals surface area (Å²) in [5.74, 6) is -2.72. The summed E-state index contributed by atoms with van der Waals surface area (Å²) in [5, 5.41) is 12.5. The van der Waals surface area contributed by atoms with Crippen molar-refractivity contribution in [3.05, 3.63) is 23.8 Å². The van der Waals surface area contributed by atoms with E-state index in [1.807, 2.05) is 0 Å². The van der Waals surface area contributed by atoms with Gasteiger partial charge in [0, 0.05) is 17.8 Å². The van der Waals surface area contributed by atoms with E-state index in [1.165, 1.54) is 0 Å². The number of rotatable bonds is 4. The molecule has 2 rings (SSSR count). The van der Waals surface area contributed by atoms with Crippen LogP contribution in [0.1, 0.15) is 32.1 Å². The SMILES string of the molecule is COc1c(F)cc(NC(=O)CC2(O)CCCC2)cc1F. The number of methoxy groups -OCH3 is 1. The lowest BCUT2D eigenvalue weighted by molar-refractivity contribution is -0.120. The lowest BCUT2D eigenvalue weighted by Crippen LogP contribution is -2.30. The summed E-state index contributed by atoms with van der Waals surface area (Å²) >= 11 is 0. The maximum Gasteiger partial charge on any atom is 0.227 e. The van der Waals surface area contributed by atoms with Crippen LogP contribution in [0.5, 0.6) is 5.75 Å². The second-order valence-electron chi connectivity index (χ2n) is 5.13. The fourth-order valence-corrected chi connectivity index (χ4v) is 2.54. The van der Waals surface area contributed by atoms with E-state index < -0.39 is 28.9 Å². The van der Waals surface area contributed by atoms with Crippen LogP contribution in [0.25, 0.3) is 0 Å². The van der Waals surface area contributed by atoms with Crippen LogP contribution in [0.2, 0.25) is 0 Å². The van der Waals surface area contributed by atoms with E-state index in [0.717, 1.165) is 32.1 Å². The van der Waals surface area contributed by atoms with Crippen LogP contribution < -0.4 is 10.1 Å². The Labute approximate surface area is 115 Å². The second-order valence-corrected chi connectivity index (χ2v) is 5.13. The van der Waals surface area contributed by atoms with E-state index in [-0.39, 0.29) is 12.1 Å². The molecule has 6 heteroatoms. The summed E-state index contributed by atoms with van der Waals surface area (Å²) in [7, 11) is 1.16. The molecule has 1 saturated carbocycles. The topological polar surface area (TPSA) is 58.6 Å². The highest BCUT2D eigenvalue weighted by atomic mass is 19.1. The largest absolute Gasteiger partial charge is 0.491 e. The van der Waals surface area contributed by atoms with Gasteiger partial charge in [-0.25, -0.2) is 8.78 Å². The summed E-state index contributed by atoms with van der Waals surface area (Å²) in [6.45, 7) is 0. The lowest BCUT2D eigenvalue weighted by Gasteiger charge is -2.21. The average Bonchev–Trinajstić information content (AvgIpc) is 2.74. The first-order chi connectivity index (χ1) is 9.43. The average molecular weight is 285 g/mol. The van der Waals surface area contributed by atoms with Crippen molar-refractivity contribution in [2.45, 2.75) is 37.7 Å². The molecular weight excluding hydrogens is 268 g/mol. The van der Waals surface area contributed by atoms with Crippen molar-refractivity contribution in [1.82, 2.24) is 0 Å². The van der Waals surface area contributed by atoms with Gasteiger partial charge in [0.1, 0.15) is 0 Å². The summed E-state index contributed by atoms with van der Waals surface area (Å²) in [6, 6.07) is 1.97. The van der Waals surface area contributed by atoms with E-state index >= 15 is 0 Å². The molecule has 0 aromatic heterocycles. The Hall–Kier alpha value is -1.69. The monoisotopic (exact) mass is 285 g/mol. The van der Waals surface area contributed by atoms with Crippen LogP contribution in [-0.2, 0) is 4.79 Å². The number of anilines is 1. The van der Waals surface area contributed by atoms with Gasteiger partial charge < -0.3 is 15.2 Å². The van der Waals surface area contributed by atoms with Crippen molar-refractivity contribution in [2.75, 3.05) is 12.4 Å². The molecule has 1 aromatic carbocycles. The molecule has 20 heavy (non-hydrogen) atoms. The highest BCUT2D eigenvalue weighted by Crippen LogP contribution is 2.33. The number of benzene rings is 1. The second kappa shape index (κ2) is 5.75. The van der Waals surface area contributed by atoms with Crippen molar-refractivity contribution in [3.63, 3.8) is 0 Å². The number of hydrogen-bond donors (Lipinski definition) is 2. The van der Waals surface area contributed by atoms with Gasteiger partial charge in [0.25, 0.3) is 0 Å². The highest BCUT2D eigenvalue weighted by molar-refractivity contribution is 5.91. The predicted octanol–water partition coefficient (Wildman–Crippen LogP) is 2.61. The van der Waals surface area contributed by atoms with Gasteiger partial charge in [0.15, 0.2) is 17.4 Å². The van der Waals surface area contributed by atoms with Crippen LogP contribution in [-0.4, -0.2) is 23.7 Å². The molecule has 0 aliphatic heterocycles. The Morgan fingerprint density at radius 3 is 2.40 bits per heavy atom. The first-order valence-corrected chi connectivity index (χ1v) is 6.49. The van der Waals surface area contributed by atoms with Gasteiger partial charge >= 0.3 is 0 Å². The smallest absolute Gasteiger partial charge is 0.227 e. The van der Waals surface area contributed by atoms with Gasteiger partial charge in [-0.3, -0.25) is 4.79 Å². The summed E-state index contributed by atoms with van der Waals surface area (Å²) < 4.78 is 31.5. The maximum atomic E-state index is 13.5.